The molecule has 0 aliphatic heterocycles. The molecule has 0 bridgehead atoms. The van der Waals surface area contributed by atoms with Crippen LogP contribution in [0.15, 0.2) is 21.5 Å². The molecule has 0 aromatic heterocycles. The lowest BCUT2D eigenvalue weighted by atomic mass is 10.3. The average Bonchev–Trinajstić information content (AvgIpc) is 1.95. The summed E-state index contributed by atoms with van der Waals surface area (Å²) in [4.78, 5) is -0.691. The molecule has 3 nitrogen and oxygen atoms in total. The topological polar surface area (TPSA) is 60.2 Å². The van der Waals surface area contributed by atoms with E-state index in [2.05, 4.69) is 15.9 Å². The summed E-state index contributed by atoms with van der Waals surface area (Å²) < 4.78 is 35.0. The summed E-state index contributed by atoms with van der Waals surface area (Å²) in [6, 6.07) is 2.27. The molecule has 0 saturated carbocycles. The fourth-order valence-electron chi connectivity index (χ4n) is 0.769. The van der Waals surface area contributed by atoms with Crippen LogP contribution in [-0.2, 0) is 10.0 Å². The number of rotatable bonds is 1. The van der Waals surface area contributed by atoms with Crippen molar-refractivity contribution in [3.8, 4) is 0 Å². The van der Waals surface area contributed by atoms with Crippen LogP contribution in [-0.4, -0.2) is 8.42 Å². The number of sulfonamides is 1. The van der Waals surface area contributed by atoms with Gasteiger partial charge in [-0.1, -0.05) is 11.6 Å². The van der Waals surface area contributed by atoms with Crippen molar-refractivity contribution in [2.45, 2.75) is 4.90 Å². The third kappa shape index (κ3) is 2.19. The molecule has 0 aliphatic rings. The summed E-state index contributed by atoms with van der Waals surface area (Å²) in [5.74, 6) is -0.962. The smallest absolute Gasteiger partial charge is 0.224 e. The predicted octanol–water partition coefficient (Wildman–Crippen LogP) is 1.89. The van der Waals surface area contributed by atoms with E-state index in [9.17, 15) is 12.8 Å². The van der Waals surface area contributed by atoms with E-state index in [0.29, 0.717) is 0 Å². The summed E-state index contributed by atoms with van der Waals surface area (Å²) in [5, 5.41) is 4.51. The first-order valence-corrected chi connectivity index (χ1v) is 5.72. The molecule has 0 amide bonds. The van der Waals surface area contributed by atoms with E-state index in [1.54, 1.807) is 0 Å². The van der Waals surface area contributed by atoms with Crippen LogP contribution in [0, 0.1) is 5.82 Å². The molecule has 0 heterocycles. The standard InChI is InChI=1S/C6H4BrClFNO2S/c7-3-1-2-4(9)6(5(3)8)13(10,11)12/h1-2H,(H2,10,11,12). The van der Waals surface area contributed by atoms with Gasteiger partial charge >= 0.3 is 0 Å². The molecule has 72 valence electrons. The Labute approximate surface area is 87.9 Å². The fourth-order valence-corrected chi connectivity index (χ4v) is 2.41. The molecule has 0 saturated heterocycles. The minimum absolute atomic E-state index is 0.248. The van der Waals surface area contributed by atoms with E-state index in [1.165, 1.54) is 6.07 Å². The highest BCUT2D eigenvalue weighted by Gasteiger charge is 2.20. The Hall–Kier alpha value is -0.170. The lowest BCUT2D eigenvalue weighted by Gasteiger charge is -2.04. The van der Waals surface area contributed by atoms with Crippen molar-refractivity contribution in [2.75, 3.05) is 0 Å². The maximum Gasteiger partial charge on any atom is 0.242 e. The molecular formula is C6H4BrClFNO2S. The summed E-state index contributed by atoms with van der Waals surface area (Å²) in [6.07, 6.45) is 0. The zero-order valence-corrected chi connectivity index (χ0v) is 9.25. The Balaban J connectivity index is 3.62. The summed E-state index contributed by atoms with van der Waals surface area (Å²) in [6.45, 7) is 0. The molecule has 0 atom stereocenters. The van der Waals surface area contributed by atoms with Gasteiger partial charge in [-0.05, 0) is 28.1 Å². The normalized spacial score (nSPS) is 11.7. The minimum atomic E-state index is -4.12. The van der Waals surface area contributed by atoms with Crippen molar-refractivity contribution in [2.24, 2.45) is 5.14 Å². The van der Waals surface area contributed by atoms with Gasteiger partial charge in [-0.2, -0.15) is 0 Å². The van der Waals surface area contributed by atoms with E-state index >= 15 is 0 Å². The van der Waals surface area contributed by atoms with Gasteiger partial charge in [0, 0.05) is 4.47 Å². The second-order valence-electron chi connectivity index (χ2n) is 2.22. The van der Waals surface area contributed by atoms with Crippen molar-refractivity contribution >= 4 is 37.6 Å². The Bertz CT molecular complexity index is 448. The quantitative estimate of drug-likeness (QED) is 0.802. The minimum Gasteiger partial charge on any atom is -0.224 e. The van der Waals surface area contributed by atoms with E-state index < -0.39 is 20.7 Å². The molecule has 1 aromatic carbocycles. The van der Waals surface area contributed by atoms with Crippen LogP contribution in [0.2, 0.25) is 5.02 Å². The van der Waals surface area contributed by atoms with Crippen molar-refractivity contribution < 1.29 is 12.8 Å². The first kappa shape index (κ1) is 10.9. The summed E-state index contributed by atoms with van der Waals surface area (Å²) in [7, 11) is -4.12. The van der Waals surface area contributed by atoms with Gasteiger partial charge in [0.1, 0.15) is 10.7 Å². The van der Waals surface area contributed by atoms with E-state index in [4.69, 9.17) is 16.7 Å². The van der Waals surface area contributed by atoms with Gasteiger partial charge in [0.15, 0.2) is 0 Å². The van der Waals surface area contributed by atoms with Crippen LogP contribution < -0.4 is 5.14 Å². The summed E-state index contributed by atoms with van der Waals surface area (Å²) >= 11 is 8.49. The third-order valence-corrected chi connectivity index (χ3v) is 3.65. The third-order valence-electron chi connectivity index (χ3n) is 1.29. The van der Waals surface area contributed by atoms with E-state index in [-0.39, 0.29) is 9.50 Å². The number of nitrogens with two attached hydrogens (primary N) is 1. The first-order chi connectivity index (χ1) is 5.84. The number of benzene rings is 1. The maximum atomic E-state index is 13.0. The second kappa shape index (κ2) is 3.53. The molecule has 1 aromatic rings. The lowest BCUT2D eigenvalue weighted by Crippen LogP contribution is -2.14. The Morgan fingerprint density at radius 2 is 2.00 bits per heavy atom. The van der Waals surface area contributed by atoms with Gasteiger partial charge in [0.05, 0.1) is 5.02 Å². The number of primary sulfonamides is 1. The van der Waals surface area contributed by atoms with Crippen LogP contribution in [0.3, 0.4) is 0 Å². The first-order valence-electron chi connectivity index (χ1n) is 3.00. The van der Waals surface area contributed by atoms with E-state index in [1.807, 2.05) is 0 Å². The molecule has 1 rings (SSSR count). The van der Waals surface area contributed by atoms with Gasteiger partial charge in [-0.25, -0.2) is 17.9 Å². The lowest BCUT2D eigenvalue weighted by molar-refractivity contribution is 0.568. The van der Waals surface area contributed by atoms with Crippen molar-refractivity contribution in [3.63, 3.8) is 0 Å². The number of hydrogen-bond donors (Lipinski definition) is 1. The SMILES string of the molecule is NS(=O)(=O)c1c(F)ccc(Br)c1Cl. The number of hydrogen-bond acceptors (Lipinski definition) is 2. The van der Waals surface area contributed by atoms with Crippen molar-refractivity contribution in [3.05, 3.63) is 27.4 Å². The second-order valence-corrected chi connectivity index (χ2v) is 4.95. The predicted molar refractivity (Wildman–Crippen MR) is 50.5 cm³/mol. The van der Waals surface area contributed by atoms with Crippen LogP contribution in [0.4, 0.5) is 4.39 Å². The van der Waals surface area contributed by atoms with Crippen LogP contribution >= 0.6 is 27.5 Å². The Morgan fingerprint density at radius 3 is 2.38 bits per heavy atom. The van der Waals surface area contributed by atoms with Crippen LogP contribution in [0.25, 0.3) is 0 Å². The maximum absolute atomic E-state index is 13.0. The van der Waals surface area contributed by atoms with Gasteiger partial charge in [-0.15, -0.1) is 0 Å². The monoisotopic (exact) mass is 287 g/mol. The molecule has 0 unspecified atom stereocenters. The van der Waals surface area contributed by atoms with E-state index in [0.717, 1.165) is 6.07 Å². The zero-order chi connectivity index (χ0) is 10.2. The highest BCUT2D eigenvalue weighted by molar-refractivity contribution is 9.10. The molecule has 0 fully saturated rings. The molecule has 13 heavy (non-hydrogen) atoms. The van der Waals surface area contributed by atoms with Gasteiger partial charge in [0.25, 0.3) is 0 Å². The highest BCUT2D eigenvalue weighted by atomic mass is 79.9. The van der Waals surface area contributed by atoms with Gasteiger partial charge < -0.3 is 0 Å². The molecule has 0 aliphatic carbocycles. The van der Waals surface area contributed by atoms with Gasteiger partial charge in [-0.3, -0.25) is 0 Å². The molecule has 7 heteroatoms. The fraction of sp³-hybridized carbons (Fsp3) is 0. The largest absolute Gasteiger partial charge is 0.242 e. The summed E-state index contributed by atoms with van der Waals surface area (Å²) in [5.41, 5.74) is 0. The molecule has 2 N–H and O–H groups in total. The van der Waals surface area contributed by atoms with Crippen LogP contribution in [0.1, 0.15) is 0 Å². The molecule has 0 radical (unpaired) electrons. The van der Waals surface area contributed by atoms with Crippen LogP contribution in [0.5, 0.6) is 0 Å². The Morgan fingerprint density at radius 1 is 1.46 bits per heavy atom. The zero-order valence-electron chi connectivity index (χ0n) is 6.09. The molecular weight excluding hydrogens is 284 g/mol. The highest BCUT2D eigenvalue weighted by Crippen LogP contribution is 2.30. The van der Waals surface area contributed by atoms with Crippen molar-refractivity contribution in [1.29, 1.82) is 0 Å². The molecule has 0 spiro atoms. The van der Waals surface area contributed by atoms with Gasteiger partial charge in [0.2, 0.25) is 10.0 Å². The number of halogens is 3. The van der Waals surface area contributed by atoms with Crippen molar-refractivity contribution in [1.82, 2.24) is 0 Å². The Kier molecular flexibility index (Phi) is 2.96. The average molecular weight is 289 g/mol.